The number of hydrogen-bond donors (Lipinski definition) is 1. The fourth-order valence-corrected chi connectivity index (χ4v) is 2.15. The quantitative estimate of drug-likeness (QED) is 0.935. The lowest BCUT2D eigenvalue weighted by Gasteiger charge is -2.11. The molecule has 1 heterocycles. The third-order valence-corrected chi connectivity index (χ3v) is 3.18. The summed E-state index contributed by atoms with van der Waals surface area (Å²) >= 11 is 6.13. The van der Waals surface area contributed by atoms with E-state index >= 15 is 0 Å². The molecule has 0 atom stereocenters. The zero-order chi connectivity index (χ0) is 15.6. The van der Waals surface area contributed by atoms with Crippen LogP contribution in [0.5, 0.6) is 11.5 Å². The Hall–Kier alpha value is -2.34. The molecule has 1 aromatic heterocycles. The van der Waals surface area contributed by atoms with Gasteiger partial charge in [-0.15, -0.1) is 0 Å². The zero-order valence-electron chi connectivity index (χ0n) is 11.7. The van der Waals surface area contributed by atoms with Gasteiger partial charge in [0, 0.05) is 11.8 Å². The largest absolute Gasteiger partial charge is 0.493 e. The van der Waals surface area contributed by atoms with E-state index in [9.17, 15) is 4.79 Å². The summed E-state index contributed by atoms with van der Waals surface area (Å²) in [6.45, 7) is 1.61. The molecule has 1 aromatic carbocycles. The molecule has 0 saturated heterocycles. The second kappa shape index (κ2) is 5.97. The van der Waals surface area contributed by atoms with Gasteiger partial charge in [0.05, 0.1) is 30.5 Å². The molecule has 0 fully saturated rings. The molecule has 0 aliphatic heterocycles. The Morgan fingerprint density at radius 2 is 2.00 bits per heavy atom. The van der Waals surface area contributed by atoms with Crippen molar-refractivity contribution in [3.63, 3.8) is 0 Å². The van der Waals surface area contributed by atoms with E-state index in [0.29, 0.717) is 33.6 Å². The first-order valence-electron chi connectivity index (χ1n) is 5.96. The van der Waals surface area contributed by atoms with Crippen LogP contribution in [-0.2, 0) is 0 Å². The molecule has 0 spiro atoms. The molecule has 0 saturated carbocycles. The van der Waals surface area contributed by atoms with E-state index in [4.69, 9.17) is 26.2 Å². The average molecular weight is 309 g/mol. The number of carboxylic acids is 1. The van der Waals surface area contributed by atoms with Gasteiger partial charge in [0.2, 0.25) is 0 Å². The van der Waals surface area contributed by atoms with E-state index in [2.05, 4.69) is 9.97 Å². The lowest BCUT2D eigenvalue weighted by atomic mass is 10.1. The van der Waals surface area contributed by atoms with Crippen LogP contribution in [0.15, 0.2) is 18.3 Å². The minimum atomic E-state index is -1.07. The van der Waals surface area contributed by atoms with Gasteiger partial charge in [-0.3, -0.25) is 0 Å². The van der Waals surface area contributed by atoms with E-state index in [-0.39, 0.29) is 5.56 Å². The highest BCUT2D eigenvalue weighted by molar-refractivity contribution is 6.32. The molecule has 0 amide bonds. The highest BCUT2D eigenvalue weighted by Gasteiger charge is 2.15. The summed E-state index contributed by atoms with van der Waals surface area (Å²) in [5.74, 6) is 0.162. The Bertz CT molecular complexity index is 704. The third-order valence-electron chi connectivity index (χ3n) is 2.90. The van der Waals surface area contributed by atoms with E-state index in [1.54, 1.807) is 19.1 Å². The Kier molecular flexibility index (Phi) is 4.28. The summed E-state index contributed by atoms with van der Waals surface area (Å²) in [6, 6.07) is 3.32. The molecule has 0 unspecified atom stereocenters. The van der Waals surface area contributed by atoms with E-state index in [1.165, 1.54) is 20.4 Å². The van der Waals surface area contributed by atoms with Gasteiger partial charge >= 0.3 is 5.97 Å². The summed E-state index contributed by atoms with van der Waals surface area (Å²) < 4.78 is 10.4. The van der Waals surface area contributed by atoms with Crippen molar-refractivity contribution in [3.8, 4) is 22.9 Å². The monoisotopic (exact) mass is 308 g/mol. The predicted octanol–water partition coefficient (Wildman–Crippen LogP) is 2.82. The maximum Gasteiger partial charge on any atom is 0.339 e. The Morgan fingerprint density at radius 3 is 2.52 bits per heavy atom. The standard InChI is InChI=1S/C14H13ClN2O4/c1-7-9(14(18)19)6-16-13(17-7)8-4-10(15)12(21-3)11(5-8)20-2/h4-6H,1-3H3,(H,18,19). The molecule has 0 radical (unpaired) electrons. The zero-order valence-corrected chi connectivity index (χ0v) is 12.4. The molecule has 21 heavy (non-hydrogen) atoms. The highest BCUT2D eigenvalue weighted by atomic mass is 35.5. The molecule has 2 rings (SSSR count). The van der Waals surface area contributed by atoms with Crippen LogP contribution in [0.4, 0.5) is 0 Å². The maximum absolute atomic E-state index is 11.0. The van der Waals surface area contributed by atoms with Crippen LogP contribution in [0.2, 0.25) is 5.02 Å². The molecule has 1 N–H and O–H groups in total. The topological polar surface area (TPSA) is 81.5 Å². The van der Waals surface area contributed by atoms with E-state index in [1.807, 2.05) is 0 Å². The van der Waals surface area contributed by atoms with Crippen LogP contribution < -0.4 is 9.47 Å². The van der Waals surface area contributed by atoms with Crippen molar-refractivity contribution in [1.29, 1.82) is 0 Å². The van der Waals surface area contributed by atoms with Crippen LogP contribution in [0.1, 0.15) is 16.1 Å². The second-order valence-electron chi connectivity index (χ2n) is 4.19. The summed E-state index contributed by atoms with van der Waals surface area (Å²) in [7, 11) is 2.99. The van der Waals surface area contributed by atoms with Crippen LogP contribution in [0, 0.1) is 6.92 Å². The number of carboxylic acid groups (broad SMARTS) is 1. The lowest BCUT2D eigenvalue weighted by molar-refractivity contribution is 0.0695. The van der Waals surface area contributed by atoms with Gasteiger partial charge in [0.25, 0.3) is 0 Å². The van der Waals surface area contributed by atoms with Gasteiger partial charge in [-0.2, -0.15) is 0 Å². The molecule has 6 nitrogen and oxygen atoms in total. The second-order valence-corrected chi connectivity index (χ2v) is 4.60. The number of benzene rings is 1. The number of ether oxygens (including phenoxy) is 2. The van der Waals surface area contributed by atoms with Gasteiger partial charge in [0.1, 0.15) is 0 Å². The van der Waals surface area contributed by atoms with Crippen molar-refractivity contribution >= 4 is 17.6 Å². The number of carbonyl (C=O) groups is 1. The SMILES string of the molecule is COc1cc(-c2ncc(C(=O)O)c(C)n2)cc(Cl)c1OC. The van der Waals surface area contributed by atoms with Crippen molar-refractivity contribution < 1.29 is 19.4 Å². The van der Waals surface area contributed by atoms with Crippen molar-refractivity contribution in [2.75, 3.05) is 14.2 Å². The summed E-state index contributed by atoms with van der Waals surface area (Å²) in [5, 5.41) is 9.34. The molecule has 2 aromatic rings. The van der Waals surface area contributed by atoms with Gasteiger partial charge in [0.15, 0.2) is 17.3 Å². The van der Waals surface area contributed by atoms with Crippen LogP contribution in [0.3, 0.4) is 0 Å². The summed E-state index contributed by atoms with van der Waals surface area (Å²) in [4.78, 5) is 19.2. The van der Waals surface area contributed by atoms with Crippen molar-refractivity contribution in [2.45, 2.75) is 6.92 Å². The Morgan fingerprint density at radius 1 is 1.29 bits per heavy atom. The van der Waals surface area contributed by atoms with Gasteiger partial charge < -0.3 is 14.6 Å². The number of aromatic nitrogens is 2. The fraction of sp³-hybridized carbons (Fsp3) is 0.214. The highest BCUT2D eigenvalue weighted by Crippen LogP contribution is 2.38. The first-order valence-corrected chi connectivity index (χ1v) is 6.34. The molecule has 110 valence electrons. The Labute approximate surface area is 126 Å². The third kappa shape index (κ3) is 2.90. The number of nitrogens with zero attached hydrogens (tertiary/aromatic N) is 2. The van der Waals surface area contributed by atoms with Gasteiger partial charge in [-0.25, -0.2) is 14.8 Å². The average Bonchev–Trinajstić information content (AvgIpc) is 2.45. The molecule has 0 aliphatic carbocycles. The predicted molar refractivity (Wildman–Crippen MR) is 77.3 cm³/mol. The van der Waals surface area contributed by atoms with Crippen LogP contribution in [0.25, 0.3) is 11.4 Å². The molecule has 0 aliphatic rings. The normalized spacial score (nSPS) is 10.3. The first-order chi connectivity index (χ1) is 9.97. The molecule has 7 heteroatoms. The lowest BCUT2D eigenvalue weighted by Crippen LogP contribution is -2.04. The van der Waals surface area contributed by atoms with Gasteiger partial charge in [-0.05, 0) is 19.1 Å². The molecule has 0 bridgehead atoms. The van der Waals surface area contributed by atoms with E-state index in [0.717, 1.165) is 0 Å². The number of methoxy groups -OCH3 is 2. The Balaban J connectivity index is 2.54. The van der Waals surface area contributed by atoms with E-state index < -0.39 is 5.97 Å². The number of rotatable bonds is 4. The van der Waals surface area contributed by atoms with Crippen molar-refractivity contribution in [2.24, 2.45) is 0 Å². The minimum Gasteiger partial charge on any atom is -0.493 e. The first kappa shape index (κ1) is 15.1. The smallest absolute Gasteiger partial charge is 0.339 e. The number of hydrogen-bond acceptors (Lipinski definition) is 5. The summed E-state index contributed by atoms with van der Waals surface area (Å²) in [6.07, 6.45) is 1.27. The summed E-state index contributed by atoms with van der Waals surface area (Å²) in [5.41, 5.74) is 1.04. The van der Waals surface area contributed by atoms with Crippen LogP contribution in [-0.4, -0.2) is 35.3 Å². The molecular weight excluding hydrogens is 296 g/mol. The number of aromatic carboxylic acids is 1. The van der Waals surface area contributed by atoms with Crippen molar-refractivity contribution in [3.05, 3.63) is 34.6 Å². The fourth-order valence-electron chi connectivity index (χ4n) is 1.86. The molecular formula is C14H13ClN2O4. The van der Waals surface area contributed by atoms with Gasteiger partial charge in [-0.1, -0.05) is 11.6 Å². The maximum atomic E-state index is 11.0. The minimum absolute atomic E-state index is 0.0605. The number of aryl methyl sites for hydroxylation is 1. The van der Waals surface area contributed by atoms with Crippen LogP contribution >= 0.6 is 11.6 Å². The van der Waals surface area contributed by atoms with Crippen molar-refractivity contribution in [1.82, 2.24) is 9.97 Å². The number of halogens is 1.